The first-order valence-corrected chi connectivity index (χ1v) is 10.3. The van der Waals surface area contributed by atoms with Gasteiger partial charge in [0, 0.05) is 11.6 Å². The first-order valence-electron chi connectivity index (χ1n) is 8.85. The molecule has 0 saturated carbocycles. The van der Waals surface area contributed by atoms with Crippen LogP contribution >= 0.6 is 0 Å². The second-order valence-electron chi connectivity index (χ2n) is 6.19. The Balaban J connectivity index is 1.73. The number of rotatable bonds is 6. The topological polar surface area (TPSA) is 141 Å². The molecule has 3 N–H and O–H groups in total. The molecule has 160 valence electrons. The van der Waals surface area contributed by atoms with Crippen LogP contribution in [0.25, 0.3) is 0 Å². The van der Waals surface area contributed by atoms with Crippen LogP contribution in [0.15, 0.2) is 78.0 Å². The van der Waals surface area contributed by atoms with E-state index in [9.17, 15) is 23.2 Å². The van der Waals surface area contributed by atoms with Crippen molar-refractivity contribution in [3.8, 4) is 5.75 Å². The van der Waals surface area contributed by atoms with Crippen LogP contribution in [0.5, 0.6) is 5.75 Å². The molecule has 0 radical (unpaired) electrons. The Bertz CT molecular complexity index is 1230. The number of aromatic nitrogens is 1. The third-order valence-corrected chi connectivity index (χ3v) is 5.45. The van der Waals surface area contributed by atoms with Crippen molar-refractivity contribution in [2.24, 2.45) is 0 Å². The number of hydrogen-bond donors (Lipinski definition) is 3. The van der Waals surface area contributed by atoms with Crippen molar-refractivity contribution >= 4 is 27.5 Å². The SMILES string of the molecule is COc1ccccc1NS(=O)(=O)c1cccc(C(=O)NNC(=O)c2ccc[n+]([O-])c2)c1. The number of carbonyl (C=O) groups is 2. The number of anilines is 1. The van der Waals surface area contributed by atoms with Gasteiger partial charge in [0.2, 0.25) is 0 Å². The third kappa shape index (κ3) is 5.28. The number of pyridine rings is 1. The van der Waals surface area contributed by atoms with Crippen molar-refractivity contribution in [2.45, 2.75) is 4.90 Å². The summed E-state index contributed by atoms with van der Waals surface area (Å²) in [6, 6.07) is 14.5. The van der Waals surface area contributed by atoms with Gasteiger partial charge in [-0.3, -0.25) is 25.2 Å². The van der Waals surface area contributed by atoms with E-state index in [0.29, 0.717) is 10.5 Å². The van der Waals surface area contributed by atoms with Gasteiger partial charge in [0.15, 0.2) is 12.4 Å². The zero-order valence-electron chi connectivity index (χ0n) is 16.2. The molecule has 2 amide bonds. The van der Waals surface area contributed by atoms with Crippen molar-refractivity contribution in [1.29, 1.82) is 0 Å². The molecule has 0 aliphatic carbocycles. The van der Waals surface area contributed by atoms with E-state index in [4.69, 9.17) is 4.74 Å². The Morgan fingerprint density at radius 2 is 1.61 bits per heavy atom. The maximum atomic E-state index is 12.7. The first kappa shape index (κ1) is 21.6. The zero-order valence-corrected chi connectivity index (χ0v) is 17.0. The minimum Gasteiger partial charge on any atom is -0.619 e. The normalized spacial score (nSPS) is 10.7. The lowest BCUT2D eigenvalue weighted by atomic mass is 10.2. The average molecular weight is 442 g/mol. The third-order valence-electron chi connectivity index (χ3n) is 4.08. The number of para-hydroxylation sites is 2. The smallest absolute Gasteiger partial charge is 0.275 e. The number of ether oxygens (including phenoxy) is 1. The first-order chi connectivity index (χ1) is 14.8. The Kier molecular flexibility index (Phi) is 6.36. The van der Waals surface area contributed by atoms with E-state index in [1.807, 2.05) is 0 Å². The van der Waals surface area contributed by atoms with Crippen LogP contribution in [0.3, 0.4) is 0 Å². The summed E-state index contributed by atoms with van der Waals surface area (Å²) in [7, 11) is -2.60. The van der Waals surface area contributed by atoms with E-state index in [0.717, 1.165) is 12.3 Å². The lowest BCUT2D eigenvalue weighted by Gasteiger charge is -2.12. The van der Waals surface area contributed by atoms with Crippen LogP contribution in [0.2, 0.25) is 0 Å². The second kappa shape index (κ2) is 9.13. The summed E-state index contributed by atoms with van der Waals surface area (Å²) < 4.78 is 33.4. The Morgan fingerprint density at radius 1 is 0.935 bits per heavy atom. The highest BCUT2D eigenvalue weighted by Gasteiger charge is 2.19. The standard InChI is InChI=1S/C20H18N4O6S/c1-30-18-10-3-2-9-17(18)23-31(28,29)16-8-4-6-14(12-16)19(25)21-22-20(26)15-7-5-11-24(27)13-15/h2-13,23H,1H3,(H,21,25)(H,22,26). The average Bonchev–Trinajstić information content (AvgIpc) is 2.77. The molecule has 1 heterocycles. The molecule has 11 heteroatoms. The molecule has 0 unspecified atom stereocenters. The molecule has 0 fully saturated rings. The summed E-state index contributed by atoms with van der Waals surface area (Å²) in [5.74, 6) is -1.11. The van der Waals surface area contributed by atoms with Gasteiger partial charge in [-0.05, 0) is 36.4 Å². The number of hydrogen-bond acceptors (Lipinski definition) is 6. The van der Waals surface area contributed by atoms with E-state index in [1.54, 1.807) is 18.2 Å². The molecule has 3 aromatic rings. The maximum absolute atomic E-state index is 12.7. The summed E-state index contributed by atoms with van der Waals surface area (Å²) in [6.07, 6.45) is 2.25. The second-order valence-corrected chi connectivity index (χ2v) is 7.88. The fraction of sp³-hybridized carbons (Fsp3) is 0.0500. The van der Waals surface area contributed by atoms with Gasteiger partial charge >= 0.3 is 0 Å². The molecule has 0 aliphatic heterocycles. The molecule has 2 aromatic carbocycles. The monoisotopic (exact) mass is 442 g/mol. The van der Waals surface area contributed by atoms with E-state index in [-0.39, 0.29) is 21.7 Å². The number of amides is 2. The van der Waals surface area contributed by atoms with Gasteiger partial charge in [0.1, 0.15) is 11.3 Å². The molecule has 1 aromatic heterocycles. The van der Waals surface area contributed by atoms with Gasteiger partial charge in [-0.2, -0.15) is 4.73 Å². The molecular weight excluding hydrogens is 424 g/mol. The van der Waals surface area contributed by atoms with Crippen LogP contribution in [0, 0.1) is 5.21 Å². The fourth-order valence-corrected chi connectivity index (χ4v) is 3.70. The number of carbonyl (C=O) groups excluding carboxylic acids is 2. The molecule has 0 aliphatic rings. The molecule has 31 heavy (non-hydrogen) atoms. The summed E-state index contributed by atoms with van der Waals surface area (Å²) >= 11 is 0. The Labute approximate surface area is 178 Å². The van der Waals surface area contributed by atoms with Gasteiger partial charge in [0.05, 0.1) is 17.7 Å². The molecule has 0 saturated heterocycles. The number of nitrogens with zero attached hydrogens (tertiary/aromatic N) is 1. The van der Waals surface area contributed by atoms with Gasteiger partial charge in [-0.25, -0.2) is 8.42 Å². The lowest BCUT2D eigenvalue weighted by Crippen LogP contribution is -2.42. The van der Waals surface area contributed by atoms with E-state index in [1.165, 1.54) is 49.7 Å². The van der Waals surface area contributed by atoms with Gasteiger partial charge in [-0.1, -0.05) is 18.2 Å². The minimum absolute atomic E-state index is 0.00449. The zero-order chi connectivity index (χ0) is 22.4. The molecule has 10 nitrogen and oxygen atoms in total. The van der Waals surface area contributed by atoms with Crippen LogP contribution < -0.4 is 25.0 Å². The predicted molar refractivity (Wildman–Crippen MR) is 111 cm³/mol. The number of hydrazine groups is 1. The highest BCUT2D eigenvalue weighted by atomic mass is 32.2. The highest BCUT2D eigenvalue weighted by molar-refractivity contribution is 7.92. The van der Waals surface area contributed by atoms with Crippen molar-refractivity contribution in [2.75, 3.05) is 11.8 Å². The maximum Gasteiger partial charge on any atom is 0.275 e. The van der Waals surface area contributed by atoms with Gasteiger partial charge in [0.25, 0.3) is 21.8 Å². The fourth-order valence-electron chi connectivity index (χ4n) is 2.58. The van der Waals surface area contributed by atoms with Crippen LogP contribution in [0.1, 0.15) is 20.7 Å². The minimum atomic E-state index is -4.02. The predicted octanol–water partition coefficient (Wildman–Crippen LogP) is 1.20. The van der Waals surface area contributed by atoms with Crippen LogP contribution in [-0.2, 0) is 10.0 Å². The largest absolute Gasteiger partial charge is 0.619 e. The highest BCUT2D eigenvalue weighted by Crippen LogP contribution is 2.26. The summed E-state index contributed by atoms with van der Waals surface area (Å²) in [6.45, 7) is 0. The molecule has 0 spiro atoms. The van der Waals surface area contributed by atoms with Crippen molar-refractivity contribution < 1.29 is 27.5 Å². The summed E-state index contributed by atoms with van der Waals surface area (Å²) in [5.41, 5.74) is 4.62. The Hall–Kier alpha value is -4.12. The van der Waals surface area contributed by atoms with E-state index in [2.05, 4.69) is 15.6 Å². The number of sulfonamides is 1. The lowest BCUT2D eigenvalue weighted by molar-refractivity contribution is -0.605. The Morgan fingerprint density at radius 3 is 2.32 bits per heavy atom. The summed E-state index contributed by atoms with van der Waals surface area (Å²) in [4.78, 5) is 24.2. The molecule has 3 rings (SSSR count). The van der Waals surface area contributed by atoms with E-state index >= 15 is 0 Å². The molecule has 0 atom stereocenters. The van der Waals surface area contributed by atoms with Crippen LogP contribution in [0.4, 0.5) is 5.69 Å². The van der Waals surface area contributed by atoms with E-state index < -0.39 is 21.8 Å². The van der Waals surface area contributed by atoms with Crippen molar-refractivity contribution in [3.63, 3.8) is 0 Å². The van der Waals surface area contributed by atoms with Gasteiger partial charge in [-0.15, -0.1) is 0 Å². The summed E-state index contributed by atoms with van der Waals surface area (Å²) in [5, 5.41) is 11.2. The quantitative estimate of drug-likeness (QED) is 0.298. The number of nitrogens with one attached hydrogen (secondary N) is 3. The van der Waals surface area contributed by atoms with Crippen LogP contribution in [-0.4, -0.2) is 27.3 Å². The number of methoxy groups -OCH3 is 1. The van der Waals surface area contributed by atoms with Crippen molar-refractivity contribution in [1.82, 2.24) is 10.9 Å². The number of benzene rings is 2. The molecule has 0 bridgehead atoms. The van der Waals surface area contributed by atoms with Crippen molar-refractivity contribution in [3.05, 3.63) is 89.4 Å². The van der Waals surface area contributed by atoms with Gasteiger partial charge < -0.3 is 9.94 Å². The molecular formula is C20H18N4O6S.